The number of unbranched alkanes of at least 4 members (excludes halogenated alkanes) is 11. The Hall–Kier alpha value is -1.31. The van der Waals surface area contributed by atoms with E-state index in [1.54, 1.807) is 0 Å². The molecule has 0 amide bonds. The summed E-state index contributed by atoms with van der Waals surface area (Å²) in [6.45, 7) is 0.0557. The van der Waals surface area contributed by atoms with Crippen molar-refractivity contribution >= 4 is 5.97 Å². The molecule has 0 saturated carbocycles. The predicted molar refractivity (Wildman–Crippen MR) is 101 cm³/mol. The highest BCUT2D eigenvalue weighted by Gasteiger charge is 2.40. The summed E-state index contributed by atoms with van der Waals surface area (Å²) < 4.78 is 10.2. The van der Waals surface area contributed by atoms with E-state index in [2.05, 4.69) is 0 Å². The van der Waals surface area contributed by atoms with E-state index in [-0.39, 0.29) is 5.76 Å². The van der Waals surface area contributed by atoms with Crippen molar-refractivity contribution in [3.05, 3.63) is 11.5 Å². The molecule has 158 valence electrons. The van der Waals surface area contributed by atoms with Gasteiger partial charge in [0.25, 0.3) is 0 Å². The van der Waals surface area contributed by atoms with Crippen LogP contribution in [0.3, 0.4) is 0 Å². The van der Waals surface area contributed by atoms with Gasteiger partial charge in [-0.25, -0.2) is 4.79 Å². The molecule has 4 N–H and O–H groups in total. The molecule has 0 aromatic rings. The summed E-state index contributed by atoms with van der Waals surface area (Å²) in [6, 6.07) is 0. The number of aliphatic hydroxyl groups is 4. The van der Waals surface area contributed by atoms with Crippen molar-refractivity contribution in [2.75, 3.05) is 19.8 Å². The van der Waals surface area contributed by atoms with Crippen LogP contribution in [0.15, 0.2) is 11.5 Å². The maximum atomic E-state index is 11.4. The van der Waals surface area contributed by atoms with Crippen molar-refractivity contribution in [2.24, 2.45) is 0 Å². The van der Waals surface area contributed by atoms with E-state index in [9.17, 15) is 15.0 Å². The molecule has 0 aromatic heterocycles. The fourth-order valence-electron chi connectivity index (χ4n) is 3.12. The summed E-state index contributed by atoms with van der Waals surface area (Å²) in [5.74, 6) is -1.64. The third kappa shape index (κ3) is 9.44. The fraction of sp³-hybridized carbons (Fsp3) is 0.850. The summed E-state index contributed by atoms with van der Waals surface area (Å²) in [5.41, 5.74) is 0. The van der Waals surface area contributed by atoms with Gasteiger partial charge in [-0.1, -0.05) is 64.2 Å². The minimum atomic E-state index is -1.30. The van der Waals surface area contributed by atoms with E-state index in [1.165, 1.54) is 44.9 Å². The number of rotatable bonds is 17. The summed E-state index contributed by atoms with van der Waals surface area (Å²) in [6.07, 6.45) is 11.2. The predicted octanol–water partition coefficient (Wildman–Crippen LogP) is 2.72. The van der Waals surface area contributed by atoms with Crippen molar-refractivity contribution in [3.63, 3.8) is 0 Å². The molecule has 27 heavy (non-hydrogen) atoms. The van der Waals surface area contributed by atoms with Crippen molar-refractivity contribution in [3.8, 4) is 0 Å². The van der Waals surface area contributed by atoms with Crippen LogP contribution in [-0.2, 0) is 14.3 Å². The van der Waals surface area contributed by atoms with Gasteiger partial charge in [0.05, 0.1) is 13.2 Å². The van der Waals surface area contributed by atoms with Crippen LogP contribution in [0.5, 0.6) is 0 Å². The Labute approximate surface area is 162 Å². The largest absolute Gasteiger partial charge is 0.499 e. The van der Waals surface area contributed by atoms with Gasteiger partial charge in [0.1, 0.15) is 6.10 Å². The monoisotopic (exact) mass is 388 g/mol. The first-order valence-electron chi connectivity index (χ1n) is 10.3. The maximum absolute atomic E-state index is 11.4. The molecule has 0 radical (unpaired) electrons. The van der Waals surface area contributed by atoms with E-state index in [4.69, 9.17) is 19.7 Å². The Balaban J connectivity index is 1.99. The van der Waals surface area contributed by atoms with Crippen molar-refractivity contribution < 1.29 is 34.7 Å². The van der Waals surface area contributed by atoms with Gasteiger partial charge < -0.3 is 29.9 Å². The lowest BCUT2D eigenvalue weighted by molar-refractivity contribution is -0.148. The lowest BCUT2D eigenvalue weighted by Crippen LogP contribution is -2.32. The Morgan fingerprint density at radius 2 is 1.33 bits per heavy atom. The first-order valence-corrected chi connectivity index (χ1v) is 10.3. The maximum Gasteiger partial charge on any atom is 0.378 e. The van der Waals surface area contributed by atoms with Crippen LogP contribution in [0.4, 0.5) is 0 Å². The molecule has 1 aliphatic heterocycles. The number of hydrogen-bond donors (Lipinski definition) is 4. The molecule has 7 nitrogen and oxygen atoms in total. The van der Waals surface area contributed by atoms with Crippen LogP contribution in [0.25, 0.3) is 0 Å². The van der Waals surface area contributed by atoms with E-state index >= 15 is 0 Å². The molecule has 7 heteroatoms. The third-order valence-electron chi connectivity index (χ3n) is 4.77. The molecule has 1 rings (SSSR count). The first-order chi connectivity index (χ1) is 13.1. The van der Waals surface area contributed by atoms with Gasteiger partial charge in [-0.2, -0.15) is 0 Å². The highest BCUT2D eigenvalue weighted by atomic mass is 16.6. The van der Waals surface area contributed by atoms with E-state index in [0.717, 1.165) is 32.1 Å². The van der Waals surface area contributed by atoms with Crippen LogP contribution >= 0.6 is 0 Å². The zero-order chi connectivity index (χ0) is 19.9. The number of cyclic esters (lactones) is 1. The third-order valence-corrected chi connectivity index (χ3v) is 4.77. The van der Waals surface area contributed by atoms with Crippen LogP contribution in [-0.4, -0.2) is 58.4 Å². The summed E-state index contributed by atoms with van der Waals surface area (Å²) in [7, 11) is 0. The highest BCUT2D eigenvalue weighted by Crippen LogP contribution is 2.25. The molecule has 0 bridgehead atoms. The Morgan fingerprint density at radius 1 is 0.852 bits per heavy atom. The number of carbonyl (C=O) groups excluding carboxylic acids is 1. The Kier molecular flexibility index (Phi) is 12.9. The minimum absolute atomic E-state index is 0.0828. The van der Waals surface area contributed by atoms with Gasteiger partial charge >= 0.3 is 5.97 Å². The van der Waals surface area contributed by atoms with Crippen LogP contribution in [0.1, 0.15) is 77.0 Å². The normalized spacial score (nSPS) is 18.0. The molecular formula is C20H36O7. The van der Waals surface area contributed by atoms with Crippen LogP contribution in [0, 0.1) is 0 Å². The molecule has 0 saturated heterocycles. The van der Waals surface area contributed by atoms with Crippen molar-refractivity contribution in [2.45, 2.75) is 89.3 Å². The van der Waals surface area contributed by atoms with Crippen molar-refractivity contribution in [1.82, 2.24) is 0 Å². The number of hydrogen-bond acceptors (Lipinski definition) is 7. The lowest BCUT2D eigenvalue weighted by Gasteiger charge is -2.18. The number of aliphatic hydroxyl groups excluding tert-OH is 4. The minimum Gasteiger partial charge on any atom is -0.499 e. The standard InChI is InChI=1S/C20H36O7/c21-13-11-9-7-5-3-1-2-4-6-8-10-12-14-26-19-17(24)20(25)27-18(19)16(23)15-22/h16,18,21-24H,1-15H2/t16-,18+/m0/s1. The Bertz CT molecular complexity index is 436. The van der Waals surface area contributed by atoms with E-state index < -0.39 is 30.5 Å². The smallest absolute Gasteiger partial charge is 0.378 e. The number of carbonyl (C=O) groups is 1. The van der Waals surface area contributed by atoms with Crippen LogP contribution < -0.4 is 0 Å². The van der Waals surface area contributed by atoms with Crippen LogP contribution in [0.2, 0.25) is 0 Å². The van der Waals surface area contributed by atoms with Gasteiger partial charge in [-0.05, 0) is 12.8 Å². The molecule has 2 atom stereocenters. The highest BCUT2D eigenvalue weighted by molar-refractivity contribution is 5.89. The molecule has 0 aliphatic carbocycles. The number of esters is 1. The topological polar surface area (TPSA) is 116 Å². The average Bonchev–Trinajstić information content (AvgIpc) is 2.96. The van der Waals surface area contributed by atoms with E-state index in [1.807, 2.05) is 0 Å². The van der Waals surface area contributed by atoms with Gasteiger partial charge in [0.15, 0.2) is 11.9 Å². The second-order valence-corrected chi connectivity index (χ2v) is 7.10. The Morgan fingerprint density at radius 3 is 1.81 bits per heavy atom. The molecular weight excluding hydrogens is 352 g/mol. The SMILES string of the molecule is O=C1O[C@H]([C@@H](O)CO)C(OCCCCCCCCCCCCCCO)=C1O. The quantitative estimate of drug-likeness (QED) is 0.224. The van der Waals surface area contributed by atoms with Gasteiger partial charge in [0.2, 0.25) is 5.76 Å². The summed E-state index contributed by atoms with van der Waals surface area (Å²) in [4.78, 5) is 11.4. The second-order valence-electron chi connectivity index (χ2n) is 7.10. The zero-order valence-electron chi connectivity index (χ0n) is 16.3. The first kappa shape index (κ1) is 23.7. The molecule has 0 spiro atoms. The fourth-order valence-corrected chi connectivity index (χ4v) is 3.12. The van der Waals surface area contributed by atoms with E-state index in [0.29, 0.717) is 13.2 Å². The molecule has 0 fully saturated rings. The summed E-state index contributed by atoms with van der Waals surface area (Å²) in [5, 5.41) is 36.9. The zero-order valence-corrected chi connectivity index (χ0v) is 16.3. The molecule has 0 aromatic carbocycles. The molecule has 1 heterocycles. The average molecular weight is 389 g/mol. The molecule has 0 unspecified atom stereocenters. The number of ether oxygens (including phenoxy) is 2. The van der Waals surface area contributed by atoms with Crippen molar-refractivity contribution in [1.29, 1.82) is 0 Å². The molecule has 1 aliphatic rings. The second kappa shape index (κ2) is 14.7. The summed E-state index contributed by atoms with van der Waals surface area (Å²) >= 11 is 0. The lowest BCUT2D eigenvalue weighted by atomic mass is 10.1. The van der Waals surface area contributed by atoms with Gasteiger partial charge in [-0.3, -0.25) is 0 Å². The van der Waals surface area contributed by atoms with Gasteiger partial charge in [-0.15, -0.1) is 0 Å². The van der Waals surface area contributed by atoms with Gasteiger partial charge in [0, 0.05) is 6.61 Å².